The first-order chi connectivity index (χ1) is 12.4. The SMILES string of the molecule is COC(=O)c1cccc(N(CC(=O)Nc2cccc(OC)c2)C(C)=O)c1. The van der Waals surface area contributed by atoms with Crippen LogP contribution in [0.1, 0.15) is 17.3 Å². The fourth-order valence-electron chi connectivity index (χ4n) is 2.35. The number of anilines is 2. The number of methoxy groups -OCH3 is 2. The van der Waals surface area contributed by atoms with Crippen molar-refractivity contribution in [2.75, 3.05) is 31.0 Å². The van der Waals surface area contributed by atoms with E-state index in [0.717, 1.165) is 0 Å². The molecule has 2 rings (SSSR count). The number of nitrogens with zero attached hydrogens (tertiary/aromatic N) is 1. The second-order valence-corrected chi connectivity index (χ2v) is 5.43. The molecule has 0 radical (unpaired) electrons. The van der Waals surface area contributed by atoms with Crippen LogP contribution in [-0.4, -0.2) is 38.5 Å². The number of hydrogen-bond donors (Lipinski definition) is 1. The number of carbonyl (C=O) groups is 3. The zero-order chi connectivity index (χ0) is 19.1. The van der Waals surface area contributed by atoms with Crippen LogP contribution >= 0.6 is 0 Å². The molecular formula is C19H20N2O5. The van der Waals surface area contributed by atoms with Gasteiger partial charge in [0.05, 0.1) is 19.8 Å². The van der Waals surface area contributed by atoms with Crippen molar-refractivity contribution in [3.63, 3.8) is 0 Å². The van der Waals surface area contributed by atoms with Gasteiger partial charge in [0, 0.05) is 24.4 Å². The van der Waals surface area contributed by atoms with Crippen LogP contribution in [0.25, 0.3) is 0 Å². The minimum atomic E-state index is -0.517. The van der Waals surface area contributed by atoms with Gasteiger partial charge in [0.2, 0.25) is 11.8 Å². The lowest BCUT2D eigenvalue weighted by molar-refractivity contribution is -0.120. The van der Waals surface area contributed by atoms with E-state index in [4.69, 9.17) is 4.74 Å². The van der Waals surface area contributed by atoms with Crippen molar-refractivity contribution in [3.8, 4) is 5.75 Å². The predicted octanol–water partition coefficient (Wildman–Crippen LogP) is 2.47. The minimum absolute atomic E-state index is 0.197. The lowest BCUT2D eigenvalue weighted by Crippen LogP contribution is -2.36. The first-order valence-corrected chi connectivity index (χ1v) is 7.85. The monoisotopic (exact) mass is 356 g/mol. The maximum atomic E-state index is 12.3. The molecule has 0 fully saturated rings. The molecule has 2 aromatic rings. The summed E-state index contributed by atoms with van der Waals surface area (Å²) in [5, 5.41) is 2.72. The molecule has 0 atom stereocenters. The maximum absolute atomic E-state index is 12.3. The second kappa shape index (κ2) is 8.66. The van der Waals surface area contributed by atoms with Crippen molar-refractivity contribution in [1.29, 1.82) is 0 Å². The Bertz CT molecular complexity index is 819. The molecule has 2 amide bonds. The number of rotatable bonds is 6. The van der Waals surface area contributed by atoms with Gasteiger partial charge in [-0.15, -0.1) is 0 Å². The normalized spacial score (nSPS) is 9.96. The predicted molar refractivity (Wildman–Crippen MR) is 97.4 cm³/mol. The van der Waals surface area contributed by atoms with Gasteiger partial charge >= 0.3 is 5.97 Å². The third kappa shape index (κ3) is 4.83. The highest BCUT2D eigenvalue weighted by Gasteiger charge is 2.17. The van der Waals surface area contributed by atoms with Gasteiger partial charge in [-0.2, -0.15) is 0 Å². The van der Waals surface area contributed by atoms with Crippen molar-refractivity contribution >= 4 is 29.2 Å². The number of benzene rings is 2. The first kappa shape index (κ1) is 19.0. The van der Waals surface area contributed by atoms with Crippen LogP contribution in [0.15, 0.2) is 48.5 Å². The van der Waals surface area contributed by atoms with E-state index in [1.807, 2.05) is 0 Å². The molecule has 0 spiro atoms. The molecule has 0 aromatic heterocycles. The summed E-state index contributed by atoms with van der Waals surface area (Å²) >= 11 is 0. The van der Waals surface area contributed by atoms with Gasteiger partial charge in [0.25, 0.3) is 0 Å². The van der Waals surface area contributed by atoms with Gasteiger partial charge in [-0.05, 0) is 30.3 Å². The molecule has 7 nitrogen and oxygen atoms in total. The summed E-state index contributed by atoms with van der Waals surface area (Å²) in [7, 11) is 2.81. The highest BCUT2D eigenvalue weighted by molar-refractivity contribution is 6.02. The van der Waals surface area contributed by atoms with E-state index in [2.05, 4.69) is 10.1 Å². The van der Waals surface area contributed by atoms with Gasteiger partial charge in [0.1, 0.15) is 12.3 Å². The van der Waals surface area contributed by atoms with Crippen molar-refractivity contribution in [3.05, 3.63) is 54.1 Å². The van der Waals surface area contributed by atoms with Gasteiger partial charge in [-0.25, -0.2) is 4.79 Å². The van der Waals surface area contributed by atoms with Crippen LogP contribution in [0.3, 0.4) is 0 Å². The lowest BCUT2D eigenvalue weighted by atomic mass is 10.2. The molecule has 0 saturated heterocycles. The van der Waals surface area contributed by atoms with Gasteiger partial charge in [-0.3, -0.25) is 9.59 Å². The average molecular weight is 356 g/mol. The summed E-state index contributed by atoms with van der Waals surface area (Å²) in [4.78, 5) is 37.3. The Morgan fingerprint density at radius 1 is 1.04 bits per heavy atom. The number of ether oxygens (including phenoxy) is 2. The molecule has 0 aliphatic rings. The summed E-state index contributed by atoms with van der Waals surface area (Å²) in [5.41, 5.74) is 1.28. The van der Waals surface area contributed by atoms with Crippen molar-refractivity contribution in [1.82, 2.24) is 0 Å². The summed E-state index contributed by atoms with van der Waals surface area (Å²) < 4.78 is 9.79. The van der Waals surface area contributed by atoms with Gasteiger partial charge in [0.15, 0.2) is 0 Å². The van der Waals surface area contributed by atoms with Gasteiger partial charge in [-0.1, -0.05) is 12.1 Å². The molecule has 0 bridgehead atoms. The summed E-state index contributed by atoms with van der Waals surface area (Å²) in [6.45, 7) is 1.15. The largest absolute Gasteiger partial charge is 0.497 e. The van der Waals surface area contributed by atoms with Crippen LogP contribution in [-0.2, 0) is 14.3 Å². The highest BCUT2D eigenvalue weighted by Crippen LogP contribution is 2.19. The molecular weight excluding hydrogens is 336 g/mol. The number of carbonyl (C=O) groups excluding carboxylic acids is 3. The molecule has 0 aliphatic carbocycles. The molecule has 0 aliphatic heterocycles. The van der Waals surface area contributed by atoms with E-state index >= 15 is 0 Å². The molecule has 1 N–H and O–H groups in total. The fourth-order valence-corrected chi connectivity index (χ4v) is 2.35. The van der Waals surface area contributed by atoms with Crippen molar-refractivity contribution in [2.45, 2.75) is 6.92 Å². The fraction of sp³-hybridized carbons (Fsp3) is 0.211. The third-order valence-corrected chi connectivity index (χ3v) is 3.61. The standard InChI is InChI=1S/C19H20N2O5/c1-13(22)21(16-8-4-6-14(10-16)19(24)26-3)12-18(23)20-15-7-5-9-17(11-15)25-2/h4-11H,12H2,1-3H3,(H,20,23). The quantitative estimate of drug-likeness (QED) is 0.804. The van der Waals surface area contributed by atoms with E-state index < -0.39 is 5.97 Å². The highest BCUT2D eigenvalue weighted by atomic mass is 16.5. The van der Waals surface area contributed by atoms with E-state index in [0.29, 0.717) is 22.7 Å². The molecule has 136 valence electrons. The number of hydrogen-bond acceptors (Lipinski definition) is 5. The maximum Gasteiger partial charge on any atom is 0.337 e. The van der Waals surface area contributed by atoms with Crippen LogP contribution in [0.4, 0.5) is 11.4 Å². The Kier molecular flexibility index (Phi) is 6.32. The Hall–Kier alpha value is -3.35. The van der Waals surface area contributed by atoms with Crippen LogP contribution in [0.2, 0.25) is 0 Å². The van der Waals surface area contributed by atoms with E-state index in [1.165, 1.54) is 32.1 Å². The summed E-state index contributed by atoms with van der Waals surface area (Å²) in [6.07, 6.45) is 0. The molecule has 2 aromatic carbocycles. The average Bonchev–Trinajstić information content (AvgIpc) is 2.65. The van der Waals surface area contributed by atoms with E-state index in [1.54, 1.807) is 42.5 Å². The Morgan fingerprint density at radius 3 is 2.42 bits per heavy atom. The summed E-state index contributed by atoms with van der Waals surface area (Å²) in [6, 6.07) is 13.2. The third-order valence-electron chi connectivity index (χ3n) is 3.61. The topological polar surface area (TPSA) is 84.9 Å². The minimum Gasteiger partial charge on any atom is -0.497 e. The molecule has 0 saturated carbocycles. The van der Waals surface area contributed by atoms with Crippen molar-refractivity contribution < 1.29 is 23.9 Å². The number of amides is 2. The molecule has 0 heterocycles. The summed E-state index contributed by atoms with van der Waals surface area (Å²) in [5.74, 6) is -0.613. The Morgan fingerprint density at radius 2 is 1.77 bits per heavy atom. The van der Waals surface area contributed by atoms with Gasteiger partial charge < -0.3 is 19.7 Å². The van der Waals surface area contributed by atoms with Crippen LogP contribution < -0.4 is 15.0 Å². The first-order valence-electron chi connectivity index (χ1n) is 7.85. The number of esters is 1. The number of nitrogens with one attached hydrogen (secondary N) is 1. The lowest BCUT2D eigenvalue weighted by Gasteiger charge is -2.21. The van der Waals surface area contributed by atoms with Crippen LogP contribution in [0, 0.1) is 0 Å². The molecule has 7 heteroatoms. The molecule has 26 heavy (non-hydrogen) atoms. The zero-order valence-corrected chi connectivity index (χ0v) is 14.8. The smallest absolute Gasteiger partial charge is 0.337 e. The van der Waals surface area contributed by atoms with Crippen molar-refractivity contribution in [2.24, 2.45) is 0 Å². The van der Waals surface area contributed by atoms with E-state index in [-0.39, 0.29) is 18.4 Å². The Balaban J connectivity index is 2.16. The van der Waals surface area contributed by atoms with E-state index in [9.17, 15) is 14.4 Å². The molecule has 0 unspecified atom stereocenters. The zero-order valence-electron chi connectivity index (χ0n) is 14.8. The van der Waals surface area contributed by atoms with Crippen LogP contribution in [0.5, 0.6) is 5.75 Å². The second-order valence-electron chi connectivity index (χ2n) is 5.43. The Labute approximate surface area is 151 Å².